The van der Waals surface area contributed by atoms with E-state index in [4.69, 9.17) is 21.7 Å². The van der Waals surface area contributed by atoms with Crippen LogP contribution in [0, 0.1) is 4.64 Å². The molecule has 5 heteroatoms. The number of ether oxygens (including phenoxy) is 2. The molecule has 4 nitrogen and oxygen atoms in total. The quantitative estimate of drug-likeness (QED) is 0.866. The summed E-state index contributed by atoms with van der Waals surface area (Å²) in [5.74, 6) is 2.32. The van der Waals surface area contributed by atoms with Gasteiger partial charge in [-0.15, -0.1) is 0 Å². The van der Waals surface area contributed by atoms with Crippen LogP contribution >= 0.6 is 12.2 Å². The molecule has 112 valence electrons. The van der Waals surface area contributed by atoms with Crippen molar-refractivity contribution in [2.45, 2.75) is 26.2 Å². The molecule has 1 aromatic heterocycles. The smallest absolute Gasteiger partial charge is 0.130 e. The third-order valence-electron chi connectivity index (χ3n) is 3.12. The van der Waals surface area contributed by atoms with Crippen LogP contribution in [0.2, 0.25) is 0 Å². The number of H-pyrrole nitrogens is 1. The summed E-state index contributed by atoms with van der Waals surface area (Å²) < 4.78 is 11.2. The molecule has 1 N–H and O–H groups in total. The van der Waals surface area contributed by atoms with Crippen LogP contribution < -0.4 is 9.47 Å². The van der Waals surface area contributed by atoms with Crippen molar-refractivity contribution < 1.29 is 9.47 Å². The number of rotatable bonds is 3. The van der Waals surface area contributed by atoms with Crippen molar-refractivity contribution in [3.05, 3.63) is 34.7 Å². The van der Waals surface area contributed by atoms with E-state index in [1.165, 1.54) is 0 Å². The second-order valence-corrected chi connectivity index (χ2v) is 6.25. The highest BCUT2D eigenvalue weighted by Crippen LogP contribution is 2.30. The standard InChI is InChI=1S/C16H20N2O2S/c1-16(2,3)15-17-13(9-14(21)18-15)10-6-11(19-4)8-12(7-10)20-5/h6-9H,1-5H3,(H,17,18,21). The van der Waals surface area contributed by atoms with Gasteiger partial charge in [0.15, 0.2) is 0 Å². The SMILES string of the molecule is COc1cc(OC)cc(-c2cc(=S)nc(C(C)(C)C)[nH]2)c1. The number of hydrogen-bond donors (Lipinski definition) is 1. The van der Waals surface area contributed by atoms with Gasteiger partial charge in [-0.3, -0.25) is 0 Å². The molecule has 0 aliphatic rings. The molecular weight excluding hydrogens is 284 g/mol. The van der Waals surface area contributed by atoms with Crippen molar-refractivity contribution in [1.29, 1.82) is 0 Å². The van der Waals surface area contributed by atoms with Crippen molar-refractivity contribution >= 4 is 12.2 Å². The summed E-state index contributed by atoms with van der Waals surface area (Å²) in [4.78, 5) is 7.77. The summed E-state index contributed by atoms with van der Waals surface area (Å²) in [5.41, 5.74) is 1.74. The molecule has 0 saturated heterocycles. The number of methoxy groups -OCH3 is 2. The van der Waals surface area contributed by atoms with E-state index in [9.17, 15) is 0 Å². The summed E-state index contributed by atoms with van der Waals surface area (Å²) in [6.07, 6.45) is 0. The van der Waals surface area contributed by atoms with Gasteiger partial charge in [0.2, 0.25) is 0 Å². The lowest BCUT2D eigenvalue weighted by Gasteiger charge is -2.18. The van der Waals surface area contributed by atoms with Crippen LogP contribution in [0.3, 0.4) is 0 Å². The van der Waals surface area contributed by atoms with Gasteiger partial charge in [0, 0.05) is 22.7 Å². The summed E-state index contributed by atoms with van der Waals surface area (Å²) >= 11 is 5.28. The topological polar surface area (TPSA) is 47.1 Å². The van der Waals surface area contributed by atoms with Crippen molar-refractivity contribution in [1.82, 2.24) is 9.97 Å². The number of aromatic nitrogens is 2. The van der Waals surface area contributed by atoms with Crippen LogP contribution in [-0.2, 0) is 5.41 Å². The fourth-order valence-corrected chi connectivity index (χ4v) is 2.14. The van der Waals surface area contributed by atoms with E-state index >= 15 is 0 Å². The maximum absolute atomic E-state index is 5.31. The second-order valence-electron chi connectivity index (χ2n) is 5.83. The number of benzene rings is 1. The lowest BCUT2D eigenvalue weighted by molar-refractivity contribution is 0.394. The Kier molecular flexibility index (Phi) is 4.32. The Morgan fingerprint density at radius 3 is 2.05 bits per heavy atom. The lowest BCUT2D eigenvalue weighted by Crippen LogP contribution is -2.16. The Bertz CT molecular complexity index is 680. The molecule has 1 aromatic carbocycles. The van der Waals surface area contributed by atoms with Gasteiger partial charge in [0.05, 0.1) is 14.2 Å². The Morgan fingerprint density at radius 1 is 1.00 bits per heavy atom. The predicted octanol–water partition coefficient (Wildman–Crippen LogP) is 4.12. The summed E-state index contributed by atoms with van der Waals surface area (Å²) in [7, 11) is 3.27. The molecule has 0 spiro atoms. The monoisotopic (exact) mass is 304 g/mol. The van der Waals surface area contributed by atoms with Crippen molar-refractivity contribution in [2.24, 2.45) is 0 Å². The van der Waals surface area contributed by atoms with E-state index in [0.29, 0.717) is 4.64 Å². The van der Waals surface area contributed by atoms with E-state index in [1.807, 2.05) is 24.3 Å². The zero-order chi connectivity index (χ0) is 15.6. The van der Waals surface area contributed by atoms with E-state index < -0.39 is 0 Å². The fourth-order valence-electron chi connectivity index (χ4n) is 1.93. The molecule has 0 aliphatic heterocycles. The molecule has 0 unspecified atom stereocenters. The largest absolute Gasteiger partial charge is 0.497 e. The number of hydrogen-bond acceptors (Lipinski definition) is 4. The molecule has 1 heterocycles. The molecule has 2 aromatic rings. The zero-order valence-corrected chi connectivity index (χ0v) is 13.8. The first-order valence-electron chi connectivity index (χ1n) is 6.69. The van der Waals surface area contributed by atoms with Crippen molar-refractivity contribution in [2.75, 3.05) is 14.2 Å². The van der Waals surface area contributed by atoms with Gasteiger partial charge in [0.1, 0.15) is 22.0 Å². The van der Waals surface area contributed by atoms with E-state index in [-0.39, 0.29) is 5.41 Å². The molecular formula is C16H20N2O2S. The number of nitrogens with one attached hydrogen (secondary N) is 1. The van der Waals surface area contributed by atoms with Gasteiger partial charge >= 0.3 is 0 Å². The zero-order valence-electron chi connectivity index (χ0n) is 13.0. The van der Waals surface area contributed by atoms with E-state index in [1.54, 1.807) is 14.2 Å². The molecule has 0 saturated carbocycles. The van der Waals surface area contributed by atoms with Gasteiger partial charge in [-0.25, -0.2) is 4.98 Å². The Hall–Kier alpha value is -1.88. The first-order chi connectivity index (χ1) is 9.83. The number of aromatic amines is 1. The van der Waals surface area contributed by atoms with Gasteiger partial charge < -0.3 is 14.5 Å². The fraction of sp³-hybridized carbons (Fsp3) is 0.375. The average molecular weight is 304 g/mol. The highest BCUT2D eigenvalue weighted by molar-refractivity contribution is 7.71. The van der Waals surface area contributed by atoms with Crippen LogP contribution in [0.1, 0.15) is 26.6 Å². The molecule has 2 rings (SSSR count). The third kappa shape index (κ3) is 3.61. The molecule has 0 aliphatic carbocycles. The maximum Gasteiger partial charge on any atom is 0.130 e. The number of nitrogens with zero attached hydrogens (tertiary/aromatic N) is 1. The maximum atomic E-state index is 5.31. The summed E-state index contributed by atoms with van der Waals surface area (Å²) in [6, 6.07) is 7.56. The summed E-state index contributed by atoms with van der Waals surface area (Å²) in [6.45, 7) is 6.28. The molecule has 0 amide bonds. The highest BCUT2D eigenvalue weighted by Gasteiger charge is 2.17. The Balaban J connectivity index is 2.61. The Morgan fingerprint density at radius 2 is 1.57 bits per heavy atom. The Labute approximate surface area is 130 Å². The summed E-state index contributed by atoms with van der Waals surface area (Å²) in [5, 5.41) is 0. The van der Waals surface area contributed by atoms with Crippen LogP contribution in [0.15, 0.2) is 24.3 Å². The minimum atomic E-state index is -0.105. The minimum absolute atomic E-state index is 0.105. The first-order valence-corrected chi connectivity index (χ1v) is 7.09. The molecule has 0 bridgehead atoms. The van der Waals surface area contributed by atoms with Crippen LogP contribution in [-0.4, -0.2) is 24.2 Å². The van der Waals surface area contributed by atoms with Gasteiger partial charge in [0.25, 0.3) is 0 Å². The minimum Gasteiger partial charge on any atom is -0.497 e. The van der Waals surface area contributed by atoms with Gasteiger partial charge in [-0.2, -0.15) is 0 Å². The van der Waals surface area contributed by atoms with Crippen LogP contribution in [0.5, 0.6) is 11.5 Å². The second kappa shape index (κ2) is 5.85. The lowest BCUT2D eigenvalue weighted by atomic mass is 9.95. The molecule has 0 radical (unpaired) electrons. The van der Waals surface area contributed by atoms with E-state index in [0.717, 1.165) is 28.6 Å². The molecule has 0 fully saturated rings. The normalized spacial score (nSPS) is 11.3. The van der Waals surface area contributed by atoms with Gasteiger partial charge in [-0.05, 0) is 18.2 Å². The van der Waals surface area contributed by atoms with Crippen LogP contribution in [0.4, 0.5) is 0 Å². The predicted molar refractivity (Wildman–Crippen MR) is 86.7 cm³/mol. The van der Waals surface area contributed by atoms with Crippen molar-refractivity contribution in [3.63, 3.8) is 0 Å². The average Bonchev–Trinajstić information content (AvgIpc) is 2.45. The van der Waals surface area contributed by atoms with E-state index in [2.05, 4.69) is 30.7 Å². The molecule has 21 heavy (non-hydrogen) atoms. The molecule has 0 atom stereocenters. The van der Waals surface area contributed by atoms with Crippen molar-refractivity contribution in [3.8, 4) is 22.8 Å². The third-order valence-corrected chi connectivity index (χ3v) is 3.32. The van der Waals surface area contributed by atoms with Gasteiger partial charge in [-0.1, -0.05) is 33.0 Å². The first kappa shape index (κ1) is 15.5. The highest BCUT2D eigenvalue weighted by atomic mass is 32.1. The van der Waals surface area contributed by atoms with Crippen LogP contribution in [0.25, 0.3) is 11.3 Å².